The van der Waals surface area contributed by atoms with Crippen LogP contribution in [-0.4, -0.2) is 89.9 Å². The second-order valence-electron chi connectivity index (χ2n) is 12.0. The highest BCUT2D eigenvalue weighted by Gasteiger charge is 2.35. The third-order valence-electron chi connectivity index (χ3n) is 8.75. The fraction of sp³-hybridized carbons (Fsp3) is 0.441. The molecule has 5 amide bonds. The van der Waals surface area contributed by atoms with Gasteiger partial charge in [-0.3, -0.25) is 24.0 Å². The number of aromatic nitrogens is 1. The lowest BCUT2D eigenvalue weighted by Gasteiger charge is -2.34. The molecule has 244 valence electrons. The van der Waals surface area contributed by atoms with Crippen LogP contribution in [0.3, 0.4) is 0 Å². The van der Waals surface area contributed by atoms with Crippen molar-refractivity contribution in [2.75, 3.05) is 26.3 Å². The van der Waals surface area contributed by atoms with Crippen molar-refractivity contribution < 1.29 is 28.7 Å². The summed E-state index contributed by atoms with van der Waals surface area (Å²) in [6.07, 6.45) is 3.23. The minimum absolute atomic E-state index is 0.0675. The van der Waals surface area contributed by atoms with Crippen molar-refractivity contribution in [1.82, 2.24) is 31.2 Å². The van der Waals surface area contributed by atoms with E-state index >= 15 is 0 Å². The molecule has 2 saturated heterocycles. The lowest BCUT2D eigenvalue weighted by Crippen LogP contribution is -2.58. The summed E-state index contributed by atoms with van der Waals surface area (Å²) in [5.41, 5.74) is 2.54. The van der Waals surface area contributed by atoms with E-state index in [0.29, 0.717) is 26.1 Å². The van der Waals surface area contributed by atoms with Crippen LogP contribution in [0.5, 0.6) is 0 Å². The Hall–Kier alpha value is -4.71. The number of nitrogens with zero attached hydrogens (tertiary/aromatic N) is 1. The molecule has 0 unspecified atom stereocenters. The molecule has 2 aliphatic heterocycles. The first kappa shape index (κ1) is 32.7. The fourth-order valence-electron chi connectivity index (χ4n) is 6.00. The van der Waals surface area contributed by atoms with E-state index < -0.39 is 47.8 Å². The van der Waals surface area contributed by atoms with E-state index in [1.165, 1.54) is 11.8 Å². The molecule has 5 rings (SSSR count). The molecule has 0 aliphatic carbocycles. The molecule has 0 radical (unpaired) electrons. The number of para-hydroxylation sites is 1. The van der Waals surface area contributed by atoms with E-state index in [9.17, 15) is 24.0 Å². The van der Waals surface area contributed by atoms with Gasteiger partial charge < -0.3 is 35.9 Å². The number of hydrogen-bond acceptors (Lipinski definition) is 6. The Morgan fingerprint density at radius 3 is 2.24 bits per heavy atom. The van der Waals surface area contributed by atoms with E-state index in [4.69, 9.17) is 4.74 Å². The Balaban J connectivity index is 1.44. The van der Waals surface area contributed by atoms with E-state index in [1.807, 2.05) is 54.6 Å². The van der Waals surface area contributed by atoms with Crippen LogP contribution in [0.2, 0.25) is 0 Å². The van der Waals surface area contributed by atoms with Crippen molar-refractivity contribution in [3.05, 3.63) is 71.9 Å². The molecular formula is C34H42N6O6. The molecule has 12 nitrogen and oxygen atoms in total. The number of aromatic amines is 1. The van der Waals surface area contributed by atoms with Gasteiger partial charge >= 0.3 is 0 Å². The topological polar surface area (TPSA) is 162 Å². The molecular weight excluding hydrogens is 588 g/mol. The van der Waals surface area contributed by atoms with Crippen molar-refractivity contribution >= 4 is 40.4 Å². The normalized spacial score (nSPS) is 24.3. The van der Waals surface area contributed by atoms with Gasteiger partial charge in [0.25, 0.3) is 0 Å². The second kappa shape index (κ2) is 15.0. The predicted molar refractivity (Wildman–Crippen MR) is 171 cm³/mol. The number of hydrogen-bond donors (Lipinski definition) is 5. The van der Waals surface area contributed by atoms with Gasteiger partial charge in [0, 0.05) is 62.2 Å². The van der Waals surface area contributed by atoms with Gasteiger partial charge in [-0.25, -0.2) is 0 Å². The average Bonchev–Trinajstić information content (AvgIpc) is 3.48. The molecule has 2 fully saturated rings. The summed E-state index contributed by atoms with van der Waals surface area (Å²) in [7, 11) is 0. The number of carbonyl (C=O) groups is 5. The second-order valence-corrected chi connectivity index (χ2v) is 12.0. The summed E-state index contributed by atoms with van der Waals surface area (Å²) in [5.74, 6) is -2.57. The van der Waals surface area contributed by atoms with Crippen molar-refractivity contribution in [2.24, 2.45) is 5.92 Å². The molecule has 0 bridgehead atoms. The van der Waals surface area contributed by atoms with Crippen LogP contribution in [0.4, 0.5) is 0 Å². The first-order valence-corrected chi connectivity index (χ1v) is 15.9. The van der Waals surface area contributed by atoms with Gasteiger partial charge in [0.15, 0.2) is 0 Å². The van der Waals surface area contributed by atoms with Gasteiger partial charge in [-0.15, -0.1) is 0 Å². The monoisotopic (exact) mass is 630 g/mol. The van der Waals surface area contributed by atoms with Crippen molar-refractivity contribution in [1.29, 1.82) is 0 Å². The SMILES string of the molecule is C[C@@H]1NC(=O)[C@@H](Cc2c[nH]c3ccccc23)NC(=O)[C@@H](C)N(C(=O)C2CCOCC2)CCNC(=O)[C@H](Cc2ccccc2)NC1=O. The van der Waals surface area contributed by atoms with E-state index in [-0.39, 0.29) is 37.8 Å². The quantitative estimate of drug-likeness (QED) is 0.285. The zero-order chi connectivity index (χ0) is 32.6. The van der Waals surface area contributed by atoms with Crippen molar-refractivity contribution in [3.8, 4) is 0 Å². The smallest absolute Gasteiger partial charge is 0.243 e. The van der Waals surface area contributed by atoms with Gasteiger partial charge in [0.2, 0.25) is 29.5 Å². The third-order valence-corrected chi connectivity index (χ3v) is 8.75. The number of nitrogens with one attached hydrogen (secondary N) is 5. The van der Waals surface area contributed by atoms with Gasteiger partial charge in [-0.1, -0.05) is 48.5 Å². The number of amides is 5. The fourth-order valence-corrected chi connectivity index (χ4v) is 6.00. The molecule has 0 spiro atoms. The number of fused-ring (bicyclic) bond motifs is 1. The van der Waals surface area contributed by atoms with Gasteiger partial charge in [0.05, 0.1) is 0 Å². The zero-order valence-corrected chi connectivity index (χ0v) is 26.2. The zero-order valence-electron chi connectivity index (χ0n) is 26.2. The number of carbonyl (C=O) groups excluding carboxylic acids is 5. The Kier molecular flexibility index (Phi) is 10.7. The minimum atomic E-state index is -1.05. The van der Waals surface area contributed by atoms with Gasteiger partial charge in [-0.2, -0.15) is 0 Å². The van der Waals surface area contributed by atoms with Crippen LogP contribution in [0, 0.1) is 5.92 Å². The van der Waals surface area contributed by atoms with Crippen molar-refractivity contribution in [3.63, 3.8) is 0 Å². The molecule has 12 heteroatoms. The Bertz CT molecular complexity index is 1550. The number of rotatable bonds is 5. The molecule has 3 aromatic rings. The predicted octanol–water partition coefficient (Wildman–Crippen LogP) is 1.20. The summed E-state index contributed by atoms with van der Waals surface area (Å²) in [6.45, 7) is 4.20. The summed E-state index contributed by atoms with van der Waals surface area (Å²) in [5, 5.41) is 12.1. The lowest BCUT2D eigenvalue weighted by atomic mass is 9.97. The van der Waals surface area contributed by atoms with Crippen LogP contribution in [-0.2, 0) is 41.6 Å². The first-order valence-electron chi connectivity index (χ1n) is 15.9. The minimum Gasteiger partial charge on any atom is -0.381 e. The molecule has 4 atom stereocenters. The maximum Gasteiger partial charge on any atom is 0.243 e. The molecule has 5 N–H and O–H groups in total. The van der Waals surface area contributed by atoms with E-state index in [1.54, 1.807) is 13.1 Å². The van der Waals surface area contributed by atoms with Crippen LogP contribution in [0.1, 0.15) is 37.8 Å². The first-order chi connectivity index (χ1) is 22.2. The van der Waals surface area contributed by atoms with E-state index in [0.717, 1.165) is 22.0 Å². The third kappa shape index (κ3) is 7.92. The highest BCUT2D eigenvalue weighted by molar-refractivity contribution is 5.96. The Labute approximate surface area is 268 Å². The van der Waals surface area contributed by atoms with Crippen LogP contribution in [0.25, 0.3) is 10.9 Å². The molecule has 2 aliphatic rings. The molecule has 0 saturated carbocycles. The molecule has 2 aromatic carbocycles. The lowest BCUT2D eigenvalue weighted by molar-refractivity contribution is -0.146. The summed E-state index contributed by atoms with van der Waals surface area (Å²) >= 11 is 0. The van der Waals surface area contributed by atoms with Crippen LogP contribution in [0.15, 0.2) is 60.8 Å². The standard InChI is InChI=1S/C34H42N6O6/c1-21-30(41)38-28(18-23-8-4-3-5-9-23)32(43)35-14-15-40(34(45)24-12-16-46-17-13-24)22(2)31(42)39-29(33(44)37-21)19-25-20-36-27-11-7-6-10-26(25)27/h3-11,20-22,24,28-29,36H,12-19H2,1-2H3,(H,35,43)(H,37,44)(H,38,41)(H,39,42)/t21-,22+,28-,29+/m0/s1. The average molecular weight is 631 g/mol. The molecule has 3 heterocycles. The van der Waals surface area contributed by atoms with Crippen LogP contribution < -0.4 is 21.3 Å². The van der Waals surface area contributed by atoms with Gasteiger partial charge in [-0.05, 0) is 43.9 Å². The van der Waals surface area contributed by atoms with E-state index in [2.05, 4.69) is 26.3 Å². The summed E-state index contributed by atoms with van der Waals surface area (Å²) in [6, 6.07) is 13.0. The largest absolute Gasteiger partial charge is 0.381 e. The number of benzene rings is 2. The maximum atomic E-state index is 13.8. The molecule has 46 heavy (non-hydrogen) atoms. The maximum absolute atomic E-state index is 13.8. The summed E-state index contributed by atoms with van der Waals surface area (Å²) < 4.78 is 5.44. The van der Waals surface area contributed by atoms with Crippen molar-refractivity contribution in [2.45, 2.75) is 63.7 Å². The number of H-pyrrole nitrogens is 1. The Morgan fingerprint density at radius 2 is 1.48 bits per heavy atom. The highest BCUT2D eigenvalue weighted by Crippen LogP contribution is 2.21. The highest BCUT2D eigenvalue weighted by atomic mass is 16.5. The molecule has 1 aromatic heterocycles. The van der Waals surface area contributed by atoms with Gasteiger partial charge in [0.1, 0.15) is 24.2 Å². The number of ether oxygens (including phenoxy) is 1. The summed E-state index contributed by atoms with van der Waals surface area (Å²) in [4.78, 5) is 72.7. The Morgan fingerprint density at radius 1 is 0.804 bits per heavy atom. The van der Waals surface area contributed by atoms with Crippen LogP contribution >= 0.6 is 0 Å².